The van der Waals surface area contributed by atoms with Crippen molar-refractivity contribution >= 4 is 5.91 Å². The van der Waals surface area contributed by atoms with Gasteiger partial charge in [-0.1, -0.05) is 26.3 Å². The first-order chi connectivity index (χ1) is 12.9. The van der Waals surface area contributed by atoms with Crippen molar-refractivity contribution < 1.29 is 24.6 Å². The Morgan fingerprint density at radius 3 is 2.78 bits per heavy atom. The molecule has 0 unspecified atom stereocenters. The number of nitrogens with zero attached hydrogens (tertiary/aromatic N) is 2. The number of unbranched alkanes of at least 4 members (excludes halogenated alkanes) is 2. The summed E-state index contributed by atoms with van der Waals surface area (Å²) in [4.78, 5) is 20.3. The zero-order valence-corrected chi connectivity index (χ0v) is 16.6. The Balaban J connectivity index is 2.02. The summed E-state index contributed by atoms with van der Waals surface area (Å²) in [7, 11) is 1.42. The number of aliphatic hydroxyl groups is 2. The van der Waals surface area contributed by atoms with Crippen molar-refractivity contribution in [2.24, 2.45) is 0 Å². The molecule has 4 atom stereocenters. The Kier molecular flexibility index (Phi) is 5.96. The largest absolute Gasteiger partial charge is 0.485 e. The molecule has 0 spiro atoms. The van der Waals surface area contributed by atoms with E-state index in [9.17, 15) is 15.0 Å². The third-order valence-electron chi connectivity index (χ3n) is 6.12. The molecule has 27 heavy (non-hydrogen) atoms. The maximum atomic E-state index is 13.0. The molecule has 0 aromatic rings. The van der Waals surface area contributed by atoms with Crippen LogP contribution in [0.3, 0.4) is 0 Å². The van der Waals surface area contributed by atoms with E-state index in [2.05, 4.69) is 18.4 Å². The van der Waals surface area contributed by atoms with Gasteiger partial charge in [0.25, 0.3) is 5.91 Å². The lowest BCUT2D eigenvalue weighted by atomic mass is 9.79. The van der Waals surface area contributed by atoms with E-state index in [0.29, 0.717) is 23.5 Å². The van der Waals surface area contributed by atoms with Crippen LogP contribution in [0.25, 0.3) is 0 Å². The standard InChI is InChI=1S/C20H32N2O5/c1-5-6-7-10-15-20(3,25)18(21-11-8-9-14(21)12-23)16-17(27-15)13(2)22(26-4)19(16)24/h14-15,18,23,25H,2,5-12H2,1,3-4H3/t14-,15-,18+,20-/m0/s1. The third-order valence-corrected chi connectivity index (χ3v) is 6.12. The van der Waals surface area contributed by atoms with Gasteiger partial charge in [-0.3, -0.25) is 14.5 Å². The Morgan fingerprint density at radius 1 is 1.41 bits per heavy atom. The van der Waals surface area contributed by atoms with Crippen molar-refractivity contribution in [3.05, 3.63) is 23.6 Å². The highest BCUT2D eigenvalue weighted by Crippen LogP contribution is 2.46. The normalized spacial score (nSPS) is 34.4. The van der Waals surface area contributed by atoms with E-state index in [1.165, 1.54) is 7.11 Å². The number of ether oxygens (including phenoxy) is 1. The van der Waals surface area contributed by atoms with Crippen LogP contribution >= 0.6 is 0 Å². The van der Waals surface area contributed by atoms with Gasteiger partial charge in [0.15, 0.2) is 5.76 Å². The van der Waals surface area contributed by atoms with Crippen molar-refractivity contribution in [1.29, 1.82) is 0 Å². The van der Waals surface area contributed by atoms with Crippen LogP contribution < -0.4 is 0 Å². The van der Waals surface area contributed by atoms with Gasteiger partial charge in [-0.05, 0) is 39.2 Å². The minimum atomic E-state index is -1.26. The van der Waals surface area contributed by atoms with E-state index in [0.717, 1.165) is 43.7 Å². The molecule has 3 aliphatic heterocycles. The van der Waals surface area contributed by atoms with Crippen molar-refractivity contribution in [3.8, 4) is 0 Å². The minimum Gasteiger partial charge on any atom is -0.485 e. The molecule has 0 saturated carbocycles. The second-order valence-electron chi connectivity index (χ2n) is 7.92. The highest BCUT2D eigenvalue weighted by molar-refractivity contribution is 6.00. The number of carbonyl (C=O) groups is 1. The summed E-state index contributed by atoms with van der Waals surface area (Å²) >= 11 is 0. The van der Waals surface area contributed by atoms with Gasteiger partial charge in [0.2, 0.25) is 0 Å². The summed E-state index contributed by atoms with van der Waals surface area (Å²) in [6, 6.07) is -0.640. The summed E-state index contributed by atoms with van der Waals surface area (Å²) in [6.45, 7) is 8.57. The number of aliphatic hydroxyl groups excluding tert-OH is 1. The van der Waals surface area contributed by atoms with Gasteiger partial charge < -0.3 is 14.9 Å². The SMILES string of the molecule is C=C1C2=C(C(=O)N1OC)[C@@H](N1CCC[C@H]1CO)[C@@](C)(O)[C@H](CCCCC)O2. The fourth-order valence-corrected chi connectivity index (χ4v) is 4.70. The number of hydrogen-bond acceptors (Lipinski definition) is 6. The number of amides is 1. The van der Waals surface area contributed by atoms with E-state index in [1.54, 1.807) is 6.92 Å². The molecule has 0 aliphatic carbocycles. The van der Waals surface area contributed by atoms with Gasteiger partial charge in [0.05, 0.1) is 25.3 Å². The van der Waals surface area contributed by atoms with Crippen LogP contribution in [0.4, 0.5) is 0 Å². The third kappa shape index (κ3) is 3.31. The van der Waals surface area contributed by atoms with E-state index in [1.807, 2.05) is 0 Å². The van der Waals surface area contributed by atoms with Gasteiger partial charge in [0.1, 0.15) is 17.4 Å². The van der Waals surface area contributed by atoms with Gasteiger partial charge >= 0.3 is 0 Å². The highest BCUT2D eigenvalue weighted by Gasteiger charge is 2.57. The molecular formula is C20H32N2O5. The quantitative estimate of drug-likeness (QED) is 0.655. The Bertz CT molecular complexity index is 630. The van der Waals surface area contributed by atoms with E-state index in [-0.39, 0.29) is 18.6 Å². The van der Waals surface area contributed by atoms with E-state index >= 15 is 0 Å². The van der Waals surface area contributed by atoms with Gasteiger partial charge in [-0.2, -0.15) is 5.06 Å². The van der Waals surface area contributed by atoms with Gasteiger partial charge in [-0.15, -0.1) is 0 Å². The Labute approximate surface area is 161 Å². The van der Waals surface area contributed by atoms with E-state index in [4.69, 9.17) is 9.57 Å². The van der Waals surface area contributed by atoms with Crippen LogP contribution in [-0.4, -0.2) is 70.1 Å². The zero-order chi connectivity index (χ0) is 19.8. The monoisotopic (exact) mass is 380 g/mol. The average molecular weight is 380 g/mol. The second-order valence-corrected chi connectivity index (χ2v) is 7.92. The number of carbonyl (C=O) groups excluding carboxylic acids is 1. The first-order valence-corrected chi connectivity index (χ1v) is 9.96. The van der Waals surface area contributed by atoms with Gasteiger partial charge in [0, 0.05) is 6.04 Å². The molecule has 0 radical (unpaired) electrons. The molecule has 7 heteroatoms. The number of hydrogen-bond donors (Lipinski definition) is 2. The lowest BCUT2D eigenvalue weighted by Gasteiger charge is -2.48. The molecule has 1 amide bonds. The van der Waals surface area contributed by atoms with Crippen LogP contribution in [0, 0.1) is 0 Å². The first kappa shape index (κ1) is 20.3. The highest BCUT2D eigenvalue weighted by atomic mass is 16.7. The molecule has 3 rings (SSSR count). The van der Waals surface area contributed by atoms with Crippen LogP contribution in [0.15, 0.2) is 23.6 Å². The summed E-state index contributed by atoms with van der Waals surface area (Å²) in [5.74, 6) is 0.0711. The molecule has 0 aromatic heterocycles. The fraction of sp³-hybridized carbons (Fsp3) is 0.750. The molecule has 0 bridgehead atoms. The Hall–Kier alpha value is -1.41. The lowest BCUT2D eigenvalue weighted by molar-refractivity contribution is -0.160. The average Bonchev–Trinajstić information content (AvgIpc) is 3.18. The maximum Gasteiger partial charge on any atom is 0.283 e. The lowest BCUT2D eigenvalue weighted by Crippen LogP contribution is -2.63. The summed E-state index contributed by atoms with van der Waals surface area (Å²) in [5.41, 5.74) is -0.499. The molecule has 3 heterocycles. The van der Waals surface area contributed by atoms with Crippen LogP contribution in [-0.2, 0) is 14.4 Å². The molecule has 1 saturated heterocycles. The number of rotatable bonds is 7. The zero-order valence-electron chi connectivity index (χ0n) is 16.6. The van der Waals surface area contributed by atoms with Gasteiger partial charge in [-0.25, -0.2) is 0 Å². The molecular weight excluding hydrogens is 348 g/mol. The van der Waals surface area contributed by atoms with Crippen molar-refractivity contribution in [3.63, 3.8) is 0 Å². The van der Waals surface area contributed by atoms with Crippen molar-refractivity contribution in [1.82, 2.24) is 9.96 Å². The molecule has 3 aliphatic rings. The van der Waals surface area contributed by atoms with Crippen LogP contribution in [0.1, 0.15) is 52.4 Å². The first-order valence-electron chi connectivity index (χ1n) is 9.96. The van der Waals surface area contributed by atoms with E-state index < -0.39 is 17.7 Å². The summed E-state index contributed by atoms with van der Waals surface area (Å²) < 4.78 is 6.14. The predicted octanol–water partition coefficient (Wildman–Crippen LogP) is 1.71. The molecule has 152 valence electrons. The predicted molar refractivity (Wildman–Crippen MR) is 100 cm³/mol. The summed E-state index contributed by atoms with van der Waals surface area (Å²) in [6.07, 6.45) is 5.08. The molecule has 0 aromatic carbocycles. The Morgan fingerprint density at radius 2 is 2.15 bits per heavy atom. The molecule has 7 nitrogen and oxygen atoms in total. The van der Waals surface area contributed by atoms with Crippen LogP contribution in [0.2, 0.25) is 0 Å². The smallest absolute Gasteiger partial charge is 0.283 e. The van der Waals surface area contributed by atoms with Crippen molar-refractivity contribution in [2.45, 2.75) is 76.2 Å². The fourth-order valence-electron chi connectivity index (χ4n) is 4.70. The molecule has 2 N–H and O–H groups in total. The topological polar surface area (TPSA) is 82.5 Å². The maximum absolute atomic E-state index is 13.0. The number of hydroxylamine groups is 2. The van der Waals surface area contributed by atoms with Crippen LogP contribution in [0.5, 0.6) is 0 Å². The molecule has 1 fully saturated rings. The number of likely N-dealkylation sites (tertiary alicyclic amines) is 1. The van der Waals surface area contributed by atoms with Crippen molar-refractivity contribution in [2.75, 3.05) is 20.3 Å². The summed E-state index contributed by atoms with van der Waals surface area (Å²) in [5, 5.41) is 22.5. The second kappa shape index (κ2) is 7.91. The minimum absolute atomic E-state index is 0.000317.